The number of anilines is 2. The van der Waals surface area contributed by atoms with E-state index in [9.17, 15) is 0 Å². The number of hydrogen-bond acceptors (Lipinski definition) is 7. The average molecular weight is 484 g/mol. The fourth-order valence-corrected chi connectivity index (χ4v) is 5.50. The first-order valence-corrected chi connectivity index (χ1v) is 13.0. The van der Waals surface area contributed by atoms with E-state index in [-0.39, 0.29) is 0 Å². The number of aryl methyl sites for hydroxylation is 1. The molecule has 6 rings (SSSR count). The van der Waals surface area contributed by atoms with Crippen molar-refractivity contribution >= 4 is 22.8 Å². The first-order chi connectivity index (χ1) is 17.7. The summed E-state index contributed by atoms with van der Waals surface area (Å²) >= 11 is 0. The summed E-state index contributed by atoms with van der Waals surface area (Å²) in [5.41, 5.74) is 8.78. The minimum Gasteiger partial charge on any atom is -0.457 e. The second-order valence-electron chi connectivity index (χ2n) is 9.84. The first kappa shape index (κ1) is 22.8. The van der Waals surface area contributed by atoms with Crippen LogP contribution in [-0.4, -0.2) is 56.9 Å². The van der Waals surface area contributed by atoms with Crippen molar-refractivity contribution in [1.82, 2.24) is 24.6 Å². The maximum absolute atomic E-state index is 6.44. The third kappa shape index (κ3) is 4.48. The smallest absolute Gasteiger partial charge is 0.228 e. The molecule has 4 heterocycles. The van der Waals surface area contributed by atoms with Crippen LogP contribution in [0.3, 0.4) is 0 Å². The van der Waals surface area contributed by atoms with Gasteiger partial charge < -0.3 is 20.3 Å². The first-order valence-electron chi connectivity index (χ1n) is 13.0. The molecule has 2 aromatic heterocycles. The Morgan fingerprint density at radius 2 is 1.61 bits per heavy atom. The number of nitrogen functional groups attached to an aromatic ring is 1. The molecule has 2 N–H and O–H groups in total. The van der Waals surface area contributed by atoms with Crippen LogP contribution >= 0.6 is 0 Å². The number of nitrogens with two attached hydrogens (primary N) is 1. The zero-order chi connectivity index (χ0) is 24.5. The Labute approximate surface area is 211 Å². The summed E-state index contributed by atoms with van der Waals surface area (Å²) in [5.74, 6) is 2.82. The van der Waals surface area contributed by atoms with Gasteiger partial charge in [0, 0.05) is 31.7 Å². The molecule has 2 aliphatic heterocycles. The Bertz CT molecular complexity index is 1340. The van der Waals surface area contributed by atoms with Gasteiger partial charge in [0.2, 0.25) is 5.95 Å². The molecule has 2 saturated heterocycles. The highest BCUT2D eigenvalue weighted by Crippen LogP contribution is 2.35. The summed E-state index contributed by atoms with van der Waals surface area (Å²) < 4.78 is 7.77. The molecule has 2 aromatic carbocycles. The highest BCUT2D eigenvalue weighted by atomic mass is 16.5. The number of fused-ring (bicyclic) bond motifs is 1. The molecule has 2 aliphatic rings. The standard InChI is InChI=1S/C28H33N7O/c1-33-26(29)24-25(20-9-8-12-23(19-20)36-22-10-4-2-5-11-22)30-28(31-27(24)32-33)35-17-13-21(14-18-35)34-15-6-3-7-16-34/h2,4-5,8-12,19,21H,3,6-7,13-18,29H2,1H3. The molecule has 0 amide bonds. The summed E-state index contributed by atoms with van der Waals surface area (Å²) in [6.45, 7) is 4.38. The van der Waals surface area contributed by atoms with Gasteiger partial charge in [-0.25, -0.2) is 4.98 Å². The Hall–Kier alpha value is -3.65. The molecular weight excluding hydrogens is 450 g/mol. The second kappa shape index (κ2) is 9.78. The van der Waals surface area contributed by atoms with Gasteiger partial charge in [-0.2, -0.15) is 10.1 Å². The molecule has 0 aliphatic carbocycles. The molecule has 36 heavy (non-hydrogen) atoms. The van der Waals surface area contributed by atoms with E-state index in [0.29, 0.717) is 17.5 Å². The number of benzene rings is 2. The maximum atomic E-state index is 6.44. The maximum Gasteiger partial charge on any atom is 0.228 e. The number of rotatable bonds is 5. The third-order valence-corrected chi connectivity index (χ3v) is 7.47. The van der Waals surface area contributed by atoms with Gasteiger partial charge in [0.05, 0.1) is 11.1 Å². The molecule has 0 unspecified atom stereocenters. The highest BCUT2D eigenvalue weighted by Gasteiger charge is 2.28. The molecule has 0 radical (unpaired) electrons. The van der Waals surface area contributed by atoms with E-state index in [1.165, 1.54) is 32.4 Å². The molecule has 8 heteroatoms. The molecule has 0 atom stereocenters. The van der Waals surface area contributed by atoms with Crippen LogP contribution in [0.2, 0.25) is 0 Å². The SMILES string of the molecule is Cn1nc2nc(N3CCC(N4CCCCC4)CC3)nc(-c3cccc(Oc4ccccc4)c3)c2c1N. The lowest BCUT2D eigenvalue weighted by Gasteiger charge is -2.40. The van der Waals surface area contributed by atoms with Crippen LogP contribution in [0.4, 0.5) is 11.8 Å². The Morgan fingerprint density at radius 1 is 0.861 bits per heavy atom. The van der Waals surface area contributed by atoms with Crippen LogP contribution in [0, 0.1) is 0 Å². The summed E-state index contributed by atoms with van der Waals surface area (Å²) in [6.07, 6.45) is 6.31. The molecule has 4 aromatic rings. The summed E-state index contributed by atoms with van der Waals surface area (Å²) in [5, 5.41) is 5.39. The van der Waals surface area contributed by atoms with Gasteiger partial charge in [0.25, 0.3) is 0 Å². The number of ether oxygens (including phenoxy) is 1. The van der Waals surface area contributed by atoms with E-state index in [1.807, 2.05) is 61.6 Å². The van der Waals surface area contributed by atoms with Crippen molar-refractivity contribution in [3.8, 4) is 22.8 Å². The van der Waals surface area contributed by atoms with Gasteiger partial charge in [-0.1, -0.05) is 36.8 Å². The molecule has 186 valence electrons. The minimum atomic E-state index is 0.560. The molecule has 0 spiro atoms. The van der Waals surface area contributed by atoms with Crippen LogP contribution in [0.25, 0.3) is 22.3 Å². The van der Waals surface area contributed by atoms with E-state index in [4.69, 9.17) is 20.4 Å². The molecule has 2 fully saturated rings. The normalized spacial score (nSPS) is 17.5. The van der Waals surface area contributed by atoms with Crippen molar-refractivity contribution in [3.05, 3.63) is 54.6 Å². The molecule has 0 saturated carbocycles. The van der Waals surface area contributed by atoms with E-state index in [1.54, 1.807) is 4.68 Å². The van der Waals surface area contributed by atoms with E-state index < -0.39 is 0 Å². The van der Waals surface area contributed by atoms with Gasteiger partial charge in [-0.05, 0) is 63.0 Å². The minimum absolute atomic E-state index is 0.560. The van der Waals surface area contributed by atoms with E-state index >= 15 is 0 Å². The van der Waals surface area contributed by atoms with Crippen molar-refractivity contribution in [2.75, 3.05) is 36.8 Å². The van der Waals surface area contributed by atoms with Gasteiger partial charge in [0.15, 0.2) is 5.65 Å². The van der Waals surface area contributed by atoms with Crippen LogP contribution in [0.15, 0.2) is 54.6 Å². The highest BCUT2D eigenvalue weighted by molar-refractivity contribution is 5.99. The van der Waals surface area contributed by atoms with E-state index in [2.05, 4.69) is 14.9 Å². The lowest BCUT2D eigenvalue weighted by molar-refractivity contribution is 0.141. The van der Waals surface area contributed by atoms with Crippen LogP contribution in [-0.2, 0) is 7.05 Å². The predicted octanol–water partition coefficient (Wildman–Crippen LogP) is 4.86. The van der Waals surface area contributed by atoms with Gasteiger partial charge in [0.1, 0.15) is 17.3 Å². The Balaban J connectivity index is 1.31. The van der Waals surface area contributed by atoms with Crippen LogP contribution in [0.5, 0.6) is 11.5 Å². The number of nitrogens with zero attached hydrogens (tertiary/aromatic N) is 6. The average Bonchev–Trinajstić information content (AvgIpc) is 3.22. The van der Waals surface area contributed by atoms with Gasteiger partial charge in [-0.15, -0.1) is 0 Å². The Morgan fingerprint density at radius 3 is 2.39 bits per heavy atom. The quantitative estimate of drug-likeness (QED) is 0.434. The van der Waals surface area contributed by atoms with E-state index in [0.717, 1.165) is 60.0 Å². The molecular formula is C28H33N7O. The number of piperidine rings is 2. The second-order valence-corrected chi connectivity index (χ2v) is 9.84. The zero-order valence-corrected chi connectivity index (χ0v) is 20.8. The lowest BCUT2D eigenvalue weighted by atomic mass is 10.00. The summed E-state index contributed by atoms with van der Waals surface area (Å²) in [4.78, 5) is 14.9. The molecule has 8 nitrogen and oxygen atoms in total. The van der Waals surface area contributed by atoms with Crippen molar-refractivity contribution in [2.45, 2.75) is 38.1 Å². The Kier molecular flexibility index (Phi) is 6.19. The van der Waals surface area contributed by atoms with Crippen LogP contribution < -0.4 is 15.4 Å². The lowest BCUT2D eigenvalue weighted by Crippen LogP contribution is -2.47. The van der Waals surface area contributed by atoms with Crippen molar-refractivity contribution in [2.24, 2.45) is 7.05 Å². The van der Waals surface area contributed by atoms with Gasteiger partial charge in [-0.3, -0.25) is 4.68 Å². The fourth-order valence-electron chi connectivity index (χ4n) is 5.50. The van der Waals surface area contributed by atoms with Crippen molar-refractivity contribution in [3.63, 3.8) is 0 Å². The third-order valence-electron chi connectivity index (χ3n) is 7.47. The molecule has 0 bridgehead atoms. The zero-order valence-electron chi connectivity index (χ0n) is 20.8. The van der Waals surface area contributed by atoms with Crippen molar-refractivity contribution < 1.29 is 4.74 Å². The predicted molar refractivity (Wildman–Crippen MR) is 143 cm³/mol. The van der Waals surface area contributed by atoms with Gasteiger partial charge >= 0.3 is 0 Å². The fraction of sp³-hybridized carbons (Fsp3) is 0.393. The van der Waals surface area contributed by atoms with Crippen LogP contribution in [0.1, 0.15) is 32.1 Å². The summed E-state index contributed by atoms with van der Waals surface area (Å²) in [7, 11) is 1.85. The monoisotopic (exact) mass is 483 g/mol. The number of likely N-dealkylation sites (tertiary alicyclic amines) is 1. The number of hydrogen-bond donors (Lipinski definition) is 1. The number of para-hydroxylation sites is 1. The topological polar surface area (TPSA) is 85.3 Å². The van der Waals surface area contributed by atoms with Crippen molar-refractivity contribution in [1.29, 1.82) is 0 Å². The number of aromatic nitrogens is 4. The largest absolute Gasteiger partial charge is 0.457 e. The summed E-state index contributed by atoms with van der Waals surface area (Å²) in [6, 6.07) is 18.4.